The Morgan fingerprint density at radius 1 is 1.50 bits per heavy atom. The zero-order valence-electron chi connectivity index (χ0n) is 5.31. The van der Waals surface area contributed by atoms with E-state index >= 15 is 0 Å². The van der Waals surface area contributed by atoms with Crippen molar-refractivity contribution in [3.05, 3.63) is 23.3 Å². The number of rotatable bonds is 1. The highest BCUT2D eigenvalue weighted by atomic mass is 14.6. The van der Waals surface area contributed by atoms with E-state index in [0.717, 1.165) is 0 Å². The maximum absolute atomic E-state index is 5.58. The summed E-state index contributed by atoms with van der Waals surface area (Å²) in [7, 11) is 0. The minimum Gasteiger partial charge on any atom is -0.324 e. The van der Waals surface area contributed by atoms with Crippen LogP contribution in [0, 0.1) is 0 Å². The molecule has 1 aliphatic carbocycles. The first-order valence-electron chi connectivity index (χ1n) is 2.86. The van der Waals surface area contributed by atoms with E-state index in [2.05, 4.69) is 19.1 Å². The van der Waals surface area contributed by atoms with Crippen LogP contribution in [-0.4, -0.2) is 6.04 Å². The van der Waals surface area contributed by atoms with Crippen molar-refractivity contribution in [2.75, 3.05) is 0 Å². The van der Waals surface area contributed by atoms with Crippen LogP contribution >= 0.6 is 0 Å². The van der Waals surface area contributed by atoms with Crippen molar-refractivity contribution in [1.82, 2.24) is 0 Å². The average molecular weight is 109 g/mol. The van der Waals surface area contributed by atoms with E-state index < -0.39 is 0 Å². The van der Waals surface area contributed by atoms with Crippen molar-refractivity contribution in [3.63, 3.8) is 0 Å². The number of nitrogens with two attached hydrogens (primary N) is 1. The Hall–Kier alpha value is -0.560. The van der Waals surface area contributed by atoms with Gasteiger partial charge in [0.1, 0.15) is 0 Å². The van der Waals surface area contributed by atoms with E-state index in [1.165, 1.54) is 11.1 Å². The molecule has 0 aliphatic heterocycles. The summed E-state index contributed by atoms with van der Waals surface area (Å²) < 4.78 is 0. The molecule has 1 nitrogen and oxygen atoms in total. The summed E-state index contributed by atoms with van der Waals surface area (Å²) in [4.78, 5) is 0. The number of hydrogen-bond donors (Lipinski definition) is 1. The molecule has 0 bridgehead atoms. The summed E-state index contributed by atoms with van der Waals surface area (Å²) in [6.45, 7) is 4.08. The summed E-state index contributed by atoms with van der Waals surface area (Å²) in [6, 6.07) is 0.222. The Morgan fingerprint density at radius 3 is 2.12 bits per heavy atom. The molecule has 0 radical (unpaired) electrons. The van der Waals surface area contributed by atoms with Gasteiger partial charge in [-0.1, -0.05) is 12.2 Å². The van der Waals surface area contributed by atoms with Crippen molar-refractivity contribution < 1.29 is 0 Å². The molecule has 0 saturated heterocycles. The highest BCUT2D eigenvalue weighted by Crippen LogP contribution is 2.20. The van der Waals surface area contributed by atoms with E-state index in [9.17, 15) is 0 Å². The zero-order valence-corrected chi connectivity index (χ0v) is 5.31. The predicted octanol–water partition coefficient (Wildman–Crippen LogP) is 1.22. The standard InChI is InChI=1S/C7H11N/c1-5-3-4-7(5)6(2)8/h3-4,6H,8H2,1-2H3. The molecule has 0 fully saturated rings. The molecule has 1 unspecified atom stereocenters. The Kier molecular flexibility index (Phi) is 1.22. The molecule has 44 valence electrons. The summed E-state index contributed by atoms with van der Waals surface area (Å²) in [5.74, 6) is 0. The molecule has 0 saturated carbocycles. The molecule has 1 aliphatic rings. The van der Waals surface area contributed by atoms with Gasteiger partial charge < -0.3 is 5.73 Å². The van der Waals surface area contributed by atoms with Gasteiger partial charge >= 0.3 is 0 Å². The molecular weight excluding hydrogens is 98.1 g/mol. The normalized spacial score (nSPS) is 20.9. The van der Waals surface area contributed by atoms with E-state index in [0.29, 0.717) is 0 Å². The van der Waals surface area contributed by atoms with Crippen molar-refractivity contribution in [2.45, 2.75) is 19.9 Å². The van der Waals surface area contributed by atoms with Gasteiger partial charge in [-0.2, -0.15) is 0 Å². The van der Waals surface area contributed by atoms with Gasteiger partial charge in [0, 0.05) is 6.04 Å². The van der Waals surface area contributed by atoms with Crippen LogP contribution in [0.1, 0.15) is 13.8 Å². The van der Waals surface area contributed by atoms with Crippen LogP contribution in [0.5, 0.6) is 0 Å². The van der Waals surface area contributed by atoms with Gasteiger partial charge in [-0.3, -0.25) is 0 Å². The molecule has 2 N–H and O–H groups in total. The lowest BCUT2D eigenvalue weighted by atomic mass is 9.93. The van der Waals surface area contributed by atoms with E-state index in [1.807, 2.05) is 6.92 Å². The maximum atomic E-state index is 5.58. The summed E-state index contributed by atoms with van der Waals surface area (Å²) in [5.41, 5.74) is 8.21. The average Bonchev–Trinajstić information content (AvgIpc) is 1.61. The van der Waals surface area contributed by atoms with Gasteiger partial charge in [-0.15, -0.1) is 0 Å². The Morgan fingerprint density at radius 2 is 2.12 bits per heavy atom. The molecule has 1 atom stereocenters. The molecule has 0 heterocycles. The Labute approximate surface area is 49.9 Å². The van der Waals surface area contributed by atoms with Crippen molar-refractivity contribution in [2.24, 2.45) is 5.73 Å². The van der Waals surface area contributed by atoms with Gasteiger partial charge in [0.05, 0.1) is 0 Å². The third-order valence-electron chi connectivity index (χ3n) is 1.46. The van der Waals surface area contributed by atoms with Crippen molar-refractivity contribution >= 4 is 0 Å². The highest BCUT2D eigenvalue weighted by Gasteiger charge is 2.09. The topological polar surface area (TPSA) is 26.0 Å². The first kappa shape index (κ1) is 5.57. The van der Waals surface area contributed by atoms with Crippen molar-refractivity contribution in [1.29, 1.82) is 0 Å². The van der Waals surface area contributed by atoms with Gasteiger partial charge in [0.2, 0.25) is 0 Å². The third kappa shape index (κ3) is 0.693. The third-order valence-corrected chi connectivity index (χ3v) is 1.46. The van der Waals surface area contributed by atoms with Gasteiger partial charge in [0.25, 0.3) is 0 Å². The van der Waals surface area contributed by atoms with E-state index in [-0.39, 0.29) is 6.04 Å². The minimum atomic E-state index is 0.222. The van der Waals surface area contributed by atoms with Gasteiger partial charge in [-0.05, 0) is 25.0 Å². The molecule has 1 heteroatoms. The van der Waals surface area contributed by atoms with Crippen LogP contribution in [0.15, 0.2) is 23.3 Å². The lowest BCUT2D eigenvalue weighted by Crippen LogP contribution is -2.20. The highest BCUT2D eigenvalue weighted by molar-refractivity contribution is 5.46. The summed E-state index contributed by atoms with van der Waals surface area (Å²) in [5, 5.41) is 0. The Balaban J connectivity index is 2.53. The second kappa shape index (κ2) is 1.75. The Bertz CT molecular complexity index is 152. The monoisotopic (exact) mass is 109 g/mol. The molecule has 1 rings (SSSR count). The van der Waals surface area contributed by atoms with Crippen LogP contribution in [0.25, 0.3) is 0 Å². The second-order valence-corrected chi connectivity index (χ2v) is 2.26. The SMILES string of the molecule is CC1=CC=C1C(C)N. The fourth-order valence-corrected chi connectivity index (χ4v) is 0.857. The molecular formula is C7H11N. The van der Waals surface area contributed by atoms with Crippen LogP contribution in [-0.2, 0) is 0 Å². The van der Waals surface area contributed by atoms with Crippen LogP contribution in [0.2, 0.25) is 0 Å². The maximum Gasteiger partial charge on any atom is 0.0268 e. The molecule has 0 aromatic heterocycles. The second-order valence-electron chi connectivity index (χ2n) is 2.26. The fraction of sp³-hybridized carbons (Fsp3) is 0.429. The fourth-order valence-electron chi connectivity index (χ4n) is 0.857. The van der Waals surface area contributed by atoms with E-state index in [4.69, 9.17) is 5.73 Å². The first-order valence-corrected chi connectivity index (χ1v) is 2.86. The number of allylic oxidation sites excluding steroid dienone is 2. The summed E-state index contributed by atoms with van der Waals surface area (Å²) in [6.07, 6.45) is 4.15. The lowest BCUT2D eigenvalue weighted by Gasteiger charge is -2.16. The van der Waals surface area contributed by atoms with Crippen molar-refractivity contribution in [3.8, 4) is 0 Å². The number of hydrogen-bond acceptors (Lipinski definition) is 1. The quantitative estimate of drug-likeness (QED) is 0.538. The van der Waals surface area contributed by atoms with Gasteiger partial charge in [0.15, 0.2) is 0 Å². The zero-order chi connectivity index (χ0) is 6.15. The first-order chi connectivity index (χ1) is 3.72. The van der Waals surface area contributed by atoms with Gasteiger partial charge in [-0.25, -0.2) is 0 Å². The molecule has 0 amide bonds. The predicted molar refractivity (Wildman–Crippen MR) is 35.5 cm³/mol. The lowest BCUT2D eigenvalue weighted by molar-refractivity contribution is 0.857. The molecule has 0 spiro atoms. The largest absolute Gasteiger partial charge is 0.324 e. The summed E-state index contributed by atoms with van der Waals surface area (Å²) >= 11 is 0. The minimum absolute atomic E-state index is 0.222. The molecule has 8 heavy (non-hydrogen) atoms. The smallest absolute Gasteiger partial charge is 0.0268 e. The van der Waals surface area contributed by atoms with E-state index in [1.54, 1.807) is 0 Å². The van der Waals surface area contributed by atoms with Crippen LogP contribution in [0.3, 0.4) is 0 Å². The van der Waals surface area contributed by atoms with Crippen LogP contribution < -0.4 is 5.73 Å². The molecule has 0 aromatic carbocycles. The van der Waals surface area contributed by atoms with Crippen LogP contribution in [0.4, 0.5) is 0 Å². The molecule has 0 aromatic rings.